The monoisotopic (exact) mass is 311 g/mol. The molecule has 0 aliphatic rings. The van der Waals surface area contributed by atoms with Crippen molar-refractivity contribution in [3.05, 3.63) is 60.2 Å². The standard InChI is InChI=1S/C17H17N3O3/c1-22-15-10-8-14(9-11-15)19-20-16(12-18-23-2)17(21)13-6-4-3-5-7-13/h3-12,19H,1-2H3/b18-12+,20-16+. The van der Waals surface area contributed by atoms with Crippen LogP contribution in [0.2, 0.25) is 0 Å². The first-order chi connectivity index (χ1) is 11.2. The van der Waals surface area contributed by atoms with Crippen LogP contribution < -0.4 is 10.2 Å². The number of oxime groups is 1. The Hall–Kier alpha value is -3.15. The van der Waals surface area contributed by atoms with Gasteiger partial charge in [-0.3, -0.25) is 10.2 Å². The second-order valence-corrected chi connectivity index (χ2v) is 4.45. The summed E-state index contributed by atoms with van der Waals surface area (Å²) < 4.78 is 5.09. The van der Waals surface area contributed by atoms with Crippen LogP contribution in [0.25, 0.3) is 0 Å². The van der Waals surface area contributed by atoms with Gasteiger partial charge < -0.3 is 9.57 Å². The molecule has 0 unspecified atom stereocenters. The van der Waals surface area contributed by atoms with Gasteiger partial charge in [0.05, 0.1) is 19.0 Å². The molecular formula is C17H17N3O3. The Morgan fingerprint density at radius 1 is 1.04 bits per heavy atom. The number of nitrogens with one attached hydrogen (secondary N) is 1. The zero-order chi connectivity index (χ0) is 16.5. The summed E-state index contributed by atoms with van der Waals surface area (Å²) in [5.41, 5.74) is 4.19. The minimum Gasteiger partial charge on any atom is -0.497 e. The first-order valence-electron chi connectivity index (χ1n) is 6.88. The maximum Gasteiger partial charge on any atom is 0.214 e. The third-order valence-electron chi connectivity index (χ3n) is 2.94. The lowest BCUT2D eigenvalue weighted by molar-refractivity contribution is 0.106. The SMILES string of the molecule is CO/N=C/C(=N\Nc1ccc(OC)cc1)C(=O)c1ccccc1. The molecule has 0 amide bonds. The largest absolute Gasteiger partial charge is 0.497 e. The lowest BCUT2D eigenvalue weighted by Crippen LogP contribution is -2.17. The topological polar surface area (TPSA) is 72.3 Å². The molecule has 0 saturated heterocycles. The molecule has 0 aliphatic heterocycles. The molecule has 6 nitrogen and oxygen atoms in total. The second kappa shape index (κ2) is 8.33. The molecule has 1 N–H and O–H groups in total. The van der Waals surface area contributed by atoms with E-state index >= 15 is 0 Å². The second-order valence-electron chi connectivity index (χ2n) is 4.45. The van der Waals surface area contributed by atoms with E-state index in [9.17, 15) is 4.79 Å². The Balaban J connectivity index is 2.19. The van der Waals surface area contributed by atoms with Crippen LogP contribution in [-0.2, 0) is 4.84 Å². The van der Waals surface area contributed by atoms with Crippen molar-refractivity contribution in [3.63, 3.8) is 0 Å². The first-order valence-corrected chi connectivity index (χ1v) is 6.88. The number of hydrazone groups is 1. The number of rotatable bonds is 7. The van der Waals surface area contributed by atoms with Crippen molar-refractivity contribution >= 4 is 23.4 Å². The molecular weight excluding hydrogens is 294 g/mol. The fourth-order valence-electron chi connectivity index (χ4n) is 1.77. The van der Waals surface area contributed by atoms with Gasteiger partial charge in [-0.05, 0) is 24.3 Å². The lowest BCUT2D eigenvalue weighted by Gasteiger charge is -2.04. The molecule has 0 aromatic heterocycles. The highest BCUT2D eigenvalue weighted by Crippen LogP contribution is 2.15. The van der Waals surface area contributed by atoms with Gasteiger partial charge in [0.1, 0.15) is 12.9 Å². The summed E-state index contributed by atoms with van der Waals surface area (Å²) in [6.07, 6.45) is 1.27. The van der Waals surface area contributed by atoms with Crippen LogP contribution in [0.5, 0.6) is 5.75 Å². The molecule has 2 aromatic carbocycles. The number of benzene rings is 2. The van der Waals surface area contributed by atoms with Gasteiger partial charge in [0.2, 0.25) is 5.78 Å². The number of ether oxygens (including phenoxy) is 1. The number of carbonyl (C=O) groups excluding carboxylic acids is 1. The molecule has 0 heterocycles. The number of hydrogen-bond acceptors (Lipinski definition) is 6. The van der Waals surface area contributed by atoms with Gasteiger partial charge in [0.25, 0.3) is 0 Å². The normalized spacial score (nSPS) is 11.3. The van der Waals surface area contributed by atoms with Crippen LogP contribution in [0.1, 0.15) is 10.4 Å². The fraction of sp³-hybridized carbons (Fsp3) is 0.118. The molecule has 0 radical (unpaired) electrons. The molecule has 0 spiro atoms. The zero-order valence-electron chi connectivity index (χ0n) is 12.9. The minimum absolute atomic E-state index is 0.133. The van der Waals surface area contributed by atoms with Gasteiger partial charge in [-0.15, -0.1) is 0 Å². The maximum atomic E-state index is 12.4. The Morgan fingerprint density at radius 2 is 1.74 bits per heavy atom. The van der Waals surface area contributed by atoms with E-state index in [1.165, 1.54) is 13.3 Å². The Morgan fingerprint density at radius 3 is 2.35 bits per heavy atom. The molecule has 118 valence electrons. The predicted molar refractivity (Wildman–Crippen MR) is 90.3 cm³/mol. The van der Waals surface area contributed by atoms with Crippen LogP contribution in [0.3, 0.4) is 0 Å². The molecule has 2 rings (SSSR count). The smallest absolute Gasteiger partial charge is 0.214 e. The van der Waals surface area contributed by atoms with Gasteiger partial charge in [-0.25, -0.2) is 0 Å². The quantitative estimate of drug-likeness (QED) is 0.485. The van der Waals surface area contributed by atoms with Crippen LogP contribution >= 0.6 is 0 Å². The molecule has 0 atom stereocenters. The van der Waals surface area contributed by atoms with Crippen LogP contribution in [-0.4, -0.2) is 31.9 Å². The molecule has 23 heavy (non-hydrogen) atoms. The van der Waals surface area contributed by atoms with E-state index in [1.54, 1.807) is 55.6 Å². The number of anilines is 1. The van der Waals surface area contributed by atoms with E-state index in [0.717, 1.165) is 11.4 Å². The molecule has 0 saturated carbocycles. The summed E-state index contributed by atoms with van der Waals surface area (Å²) in [5, 5.41) is 7.73. The van der Waals surface area contributed by atoms with Crippen molar-refractivity contribution in [1.29, 1.82) is 0 Å². The van der Waals surface area contributed by atoms with Gasteiger partial charge in [0.15, 0.2) is 5.71 Å². The first kappa shape index (κ1) is 16.2. The van der Waals surface area contributed by atoms with Crippen LogP contribution in [0.4, 0.5) is 5.69 Å². The highest BCUT2D eigenvalue weighted by Gasteiger charge is 2.12. The summed E-state index contributed by atoms with van der Waals surface area (Å²) in [7, 11) is 3.00. The van der Waals surface area contributed by atoms with E-state index in [0.29, 0.717) is 5.56 Å². The molecule has 2 aromatic rings. The zero-order valence-corrected chi connectivity index (χ0v) is 12.9. The molecule has 0 aliphatic carbocycles. The van der Waals surface area contributed by atoms with E-state index in [1.807, 2.05) is 6.07 Å². The Labute approximate surface area is 134 Å². The van der Waals surface area contributed by atoms with Crippen molar-refractivity contribution in [2.75, 3.05) is 19.6 Å². The number of Topliss-reactive ketones (excluding diaryl/α,β-unsaturated/α-hetero) is 1. The molecule has 0 bridgehead atoms. The highest BCUT2D eigenvalue weighted by molar-refractivity contribution is 6.64. The van der Waals surface area contributed by atoms with E-state index in [4.69, 9.17) is 4.74 Å². The number of nitrogens with zero attached hydrogens (tertiary/aromatic N) is 2. The lowest BCUT2D eigenvalue weighted by atomic mass is 10.1. The molecule has 6 heteroatoms. The van der Waals surface area contributed by atoms with Crippen molar-refractivity contribution in [3.8, 4) is 5.75 Å². The minimum atomic E-state index is -0.257. The number of ketones is 1. The predicted octanol–water partition coefficient (Wildman–Crippen LogP) is 2.98. The number of methoxy groups -OCH3 is 1. The van der Waals surface area contributed by atoms with Gasteiger partial charge in [-0.2, -0.15) is 5.10 Å². The van der Waals surface area contributed by atoms with E-state index in [-0.39, 0.29) is 11.5 Å². The molecule has 0 fully saturated rings. The van der Waals surface area contributed by atoms with Gasteiger partial charge >= 0.3 is 0 Å². The third-order valence-corrected chi connectivity index (χ3v) is 2.94. The van der Waals surface area contributed by atoms with Crippen LogP contribution in [0, 0.1) is 0 Å². The van der Waals surface area contributed by atoms with Crippen molar-refractivity contribution in [2.45, 2.75) is 0 Å². The maximum absolute atomic E-state index is 12.4. The summed E-state index contributed by atoms with van der Waals surface area (Å²) in [6.45, 7) is 0. The number of hydrogen-bond donors (Lipinski definition) is 1. The Bertz CT molecular complexity index is 695. The third kappa shape index (κ3) is 4.67. The number of carbonyl (C=O) groups is 1. The van der Waals surface area contributed by atoms with E-state index in [2.05, 4.69) is 20.5 Å². The van der Waals surface area contributed by atoms with Crippen LogP contribution in [0.15, 0.2) is 64.9 Å². The summed E-state index contributed by atoms with van der Waals surface area (Å²) >= 11 is 0. The average molecular weight is 311 g/mol. The highest BCUT2D eigenvalue weighted by atomic mass is 16.6. The van der Waals surface area contributed by atoms with Gasteiger partial charge in [0, 0.05) is 5.56 Å². The summed E-state index contributed by atoms with van der Waals surface area (Å²) in [6, 6.07) is 16.0. The van der Waals surface area contributed by atoms with E-state index < -0.39 is 0 Å². The fourth-order valence-corrected chi connectivity index (χ4v) is 1.77. The van der Waals surface area contributed by atoms with Gasteiger partial charge in [-0.1, -0.05) is 35.5 Å². The Kier molecular flexibility index (Phi) is 5.88. The summed E-state index contributed by atoms with van der Waals surface area (Å²) in [4.78, 5) is 17.1. The van der Waals surface area contributed by atoms with Crippen molar-refractivity contribution in [1.82, 2.24) is 0 Å². The summed E-state index contributed by atoms with van der Waals surface area (Å²) in [5.74, 6) is 0.480. The van der Waals surface area contributed by atoms with Crippen molar-refractivity contribution in [2.24, 2.45) is 10.3 Å². The average Bonchev–Trinajstić information content (AvgIpc) is 2.62. The van der Waals surface area contributed by atoms with Crippen molar-refractivity contribution < 1.29 is 14.4 Å².